The number of hydrogen-bond donors (Lipinski definition) is 0. The van der Waals surface area contributed by atoms with E-state index in [1.54, 1.807) is 42.3 Å². The van der Waals surface area contributed by atoms with Gasteiger partial charge in [-0.15, -0.1) is 0 Å². The predicted molar refractivity (Wildman–Crippen MR) is 130 cm³/mol. The molecular formula is C27H26FN3O3. The van der Waals surface area contributed by atoms with Crippen LogP contribution >= 0.6 is 0 Å². The Labute approximate surface area is 197 Å². The monoisotopic (exact) mass is 459 g/mol. The number of methoxy groups -OCH3 is 1. The zero-order chi connectivity index (χ0) is 24.2. The van der Waals surface area contributed by atoms with E-state index < -0.39 is 11.9 Å². The zero-order valence-corrected chi connectivity index (χ0v) is 19.4. The summed E-state index contributed by atoms with van der Waals surface area (Å²) in [7, 11) is 1.55. The van der Waals surface area contributed by atoms with E-state index in [0.29, 0.717) is 46.7 Å². The maximum atomic E-state index is 13.7. The van der Waals surface area contributed by atoms with Crippen LogP contribution in [0.5, 0.6) is 5.75 Å². The molecule has 1 amide bonds. The second kappa shape index (κ2) is 9.87. The number of benzene rings is 3. The van der Waals surface area contributed by atoms with Gasteiger partial charge in [-0.1, -0.05) is 31.2 Å². The molecule has 0 bridgehead atoms. The molecule has 6 nitrogen and oxygen atoms in total. The van der Waals surface area contributed by atoms with Crippen LogP contribution in [0.2, 0.25) is 0 Å². The lowest BCUT2D eigenvalue weighted by atomic mass is 10.1. The van der Waals surface area contributed by atoms with E-state index in [9.17, 15) is 14.0 Å². The second-order valence-corrected chi connectivity index (χ2v) is 7.82. The lowest BCUT2D eigenvalue weighted by Crippen LogP contribution is -2.38. The fraction of sp³-hybridized carbons (Fsp3) is 0.222. The lowest BCUT2D eigenvalue weighted by molar-refractivity contribution is 0.0672. The fourth-order valence-corrected chi connectivity index (χ4v) is 4.23. The highest BCUT2D eigenvalue weighted by molar-refractivity contribution is 5.94. The Hall–Kier alpha value is -4.00. The van der Waals surface area contributed by atoms with Crippen molar-refractivity contribution in [1.82, 2.24) is 14.5 Å². The quantitative estimate of drug-likeness (QED) is 0.384. The summed E-state index contributed by atoms with van der Waals surface area (Å²) in [5.41, 5.74) is 1.23. The van der Waals surface area contributed by atoms with Gasteiger partial charge in [-0.3, -0.25) is 14.2 Å². The number of carbonyl (C=O) groups excluding carboxylic acids is 1. The van der Waals surface area contributed by atoms with Crippen molar-refractivity contribution in [2.75, 3.05) is 13.7 Å². The first-order chi connectivity index (χ1) is 16.5. The molecule has 4 aromatic rings. The number of hydrogen-bond acceptors (Lipinski definition) is 4. The van der Waals surface area contributed by atoms with Crippen LogP contribution in [0, 0.1) is 5.82 Å². The molecule has 1 unspecified atom stereocenters. The first kappa shape index (κ1) is 23.2. The van der Waals surface area contributed by atoms with E-state index in [1.807, 2.05) is 32.0 Å². The highest BCUT2D eigenvalue weighted by Gasteiger charge is 2.29. The van der Waals surface area contributed by atoms with E-state index in [0.717, 1.165) is 0 Å². The third-order valence-electron chi connectivity index (χ3n) is 5.88. The van der Waals surface area contributed by atoms with E-state index in [-0.39, 0.29) is 11.5 Å². The number of ether oxygens (including phenoxy) is 1. The highest BCUT2D eigenvalue weighted by Crippen LogP contribution is 2.30. The largest absolute Gasteiger partial charge is 0.495 e. The highest BCUT2D eigenvalue weighted by atomic mass is 19.1. The molecule has 3 aromatic carbocycles. The molecule has 7 heteroatoms. The third kappa shape index (κ3) is 4.17. The number of aromatic nitrogens is 2. The van der Waals surface area contributed by atoms with Crippen molar-refractivity contribution in [2.24, 2.45) is 0 Å². The minimum atomic E-state index is -0.509. The average molecular weight is 460 g/mol. The van der Waals surface area contributed by atoms with Crippen molar-refractivity contribution in [1.29, 1.82) is 0 Å². The van der Waals surface area contributed by atoms with E-state index in [2.05, 4.69) is 0 Å². The summed E-state index contributed by atoms with van der Waals surface area (Å²) in [5, 5.41) is 0.472. The Morgan fingerprint density at radius 3 is 2.38 bits per heavy atom. The maximum Gasteiger partial charge on any atom is 0.266 e. The Kier molecular flexibility index (Phi) is 6.72. The normalized spacial score (nSPS) is 11.9. The van der Waals surface area contributed by atoms with Crippen molar-refractivity contribution >= 4 is 16.8 Å². The SMILES string of the molecule is CCC(c1nc2ccccc2c(=O)n1-c1ccccc1OC)N(CC)C(=O)c1ccc(F)cc1. The van der Waals surface area contributed by atoms with Crippen molar-refractivity contribution < 1.29 is 13.9 Å². The smallest absolute Gasteiger partial charge is 0.266 e. The first-order valence-corrected chi connectivity index (χ1v) is 11.2. The number of nitrogens with zero attached hydrogens (tertiary/aromatic N) is 3. The Morgan fingerprint density at radius 2 is 1.71 bits per heavy atom. The summed E-state index contributed by atoms with van der Waals surface area (Å²) in [6.45, 7) is 4.19. The third-order valence-corrected chi connectivity index (χ3v) is 5.88. The van der Waals surface area contributed by atoms with Gasteiger partial charge in [0.05, 0.1) is 29.7 Å². The molecule has 0 saturated heterocycles. The van der Waals surface area contributed by atoms with Crippen LogP contribution in [0.15, 0.2) is 77.6 Å². The van der Waals surface area contributed by atoms with E-state index in [4.69, 9.17) is 9.72 Å². The van der Waals surface area contributed by atoms with Crippen molar-refractivity contribution in [3.05, 3.63) is 100 Å². The summed E-state index contributed by atoms with van der Waals surface area (Å²) in [5.74, 6) is 0.287. The van der Waals surface area contributed by atoms with Crippen molar-refractivity contribution in [3.63, 3.8) is 0 Å². The Bertz CT molecular complexity index is 1380. The predicted octanol–water partition coefficient (Wildman–Crippen LogP) is 5.15. The van der Waals surface area contributed by atoms with Gasteiger partial charge in [-0.05, 0) is 61.9 Å². The summed E-state index contributed by atoms with van der Waals surface area (Å²) in [6.07, 6.45) is 0.515. The molecule has 4 rings (SSSR count). The number of carbonyl (C=O) groups is 1. The van der Waals surface area contributed by atoms with Crippen molar-refractivity contribution in [2.45, 2.75) is 26.3 Å². The van der Waals surface area contributed by atoms with Gasteiger partial charge in [0, 0.05) is 12.1 Å². The summed E-state index contributed by atoms with van der Waals surface area (Å²) < 4.78 is 20.5. The lowest BCUT2D eigenvalue weighted by Gasteiger charge is -2.31. The van der Waals surface area contributed by atoms with Gasteiger partial charge in [0.15, 0.2) is 0 Å². The van der Waals surface area contributed by atoms with Crippen LogP contribution in [-0.2, 0) is 0 Å². The van der Waals surface area contributed by atoms with Gasteiger partial charge in [0.2, 0.25) is 0 Å². The molecule has 1 atom stereocenters. The fourth-order valence-electron chi connectivity index (χ4n) is 4.23. The number of fused-ring (bicyclic) bond motifs is 1. The van der Waals surface area contributed by atoms with E-state index >= 15 is 0 Å². The van der Waals surface area contributed by atoms with Gasteiger partial charge in [-0.25, -0.2) is 9.37 Å². The molecule has 0 aliphatic carbocycles. The summed E-state index contributed by atoms with van der Waals surface area (Å²) in [6, 6.07) is 19.3. The number of para-hydroxylation sites is 3. The van der Waals surface area contributed by atoms with Crippen LogP contribution in [-0.4, -0.2) is 34.0 Å². The molecule has 0 N–H and O–H groups in total. The molecule has 0 aliphatic heterocycles. The molecule has 0 spiro atoms. The topological polar surface area (TPSA) is 64.4 Å². The summed E-state index contributed by atoms with van der Waals surface area (Å²) in [4.78, 5) is 33.7. The number of amides is 1. The van der Waals surface area contributed by atoms with Gasteiger partial charge < -0.3 is 9.64 Å². The summed E-state index contributed by atoms with van der Waals surface area (Å²) >= 11 is 0. The Morgan fingerprint density at radius 1 is 1.03 bits per heavy atom. The molecule has 0 aliphatic rings. The van der Waals surface area contributed by atoms with Crippen LogP contribution in [0.3, 0.4) is 0 Å². The maximum absolute atomic E-state index is 13.7. The van der Waals surface area contributed by atoms with Gasteiger partial charge >= 0.3 is 0 Å². The first-order valence-electron chi connectivity index (χ1n) is 11.2. The molecule has 0 fully saturated rings. The Balaban J connectivity index is 1.96. The standard InChI is InChI=1S/C27H26FN3O3/c1-4-22(30(5-2)26(32)18-14-16-19(28)17-15-18)25-29-21-11-7-6-10-20(21)27(33)31(25)23-12-8-9-13-24(23)34-3/h6-17,22H,4-5H2,1-3H3. The molecule has 1 heterocycles. The van der Waals surface area contributed by atoms with Crippen LogP contribution in [0.25, 0.3) is 16.6 Å². The van der Waals surface area contributed by atoms with Gasteiger partial charge in [-0.2, -0.15) is 0 Å². The average Bonchev–Trinajstić information content (AvgIpc) is 2.87. The minimum Gasteiger partial charge on any atom is -0.495 e. The van der Waals surface area contributed by atoms with Crippen LogP contribution < -0.4 is 10.3 Å². The van der Waals surface area contributed by atoms with Crippen molar-refractivity contribution in [3.8, 4) is 11.4 Å². The molecule has 174 valence electrons. The number of rotatable bonds is 7. The molecule has 34 heavy (non-hydrogen) atoms. The van der Waals surface area contributed by atoms with Crippen LogP contribution in [0.4, 0.5) is 4.39 Å². The van der Waals surface area contributed by atoms with Gasteiger partial charge in [0.1, 0.15) is 17.4 Å². The van der Waals surface area contributed by atoms with Gasteiger partial charge in [0.25, 0.3) is 11.5 Å². The second-order valence-electron chi connectivity index (χ2n) is 7.82. The minimum absolute atomic E-state index is 0.242. The zero-order valence-electron chi connectivity index (χ0n) is 19.4. The molecule has 0 radical (unpaired) electrons. The number of halogens is 1. The van der Waals surface area contributed by atoms with Crippen LogP contribution in [0.1, 0.15) is 42.5 Å². The van der Waals surface area contributed by atoms with E-state index in [1.165, 1.54) is 28.8 Å². The molecular weight excluding hydrogens is 433 g/mol. The molecule has 0 saturated carbocycles. The molecule has 1 aromatic heterocycles.